The molecule has 6 nitrogen and oxygen atoms in total. The highest BCUT2D eigenvalue weighted by molar-refractivity contribution is 7.92. The third kappa shape index (κ3) is 6.05. The van der Waals surface area contributed by atoms with Crippen LogP contribution in [0.4, 0.5) is 10.1 Å². The van der Waals surface area contributed by atoms with E-state index >= 15 is 0 Å². The van der Waals surface area contributed by atoms with Crippen molar-refractivity contribution in [1.82, 2.24) is 5.32 Å². The molecule has 2 N–H and O–H groups in total. The predicted molar refractivity (Wildman–Crippen MR) is 117 cm³/mol. The minimum Gasteiger partial charge on any atom is -0.494 e. The molecule has 0 aliphatic rings. The fourth-order valence-electron chi connectivity index (χ4n) is 2.93. The SMILES string of the molecule is CCOc1ccc(S(=O)(=O)Nc2cccc(C(=O)NCCc3ccccc3F)c2)cc1. The Labute approximate surface area is 181 Å². The molecule has 0 atom stereocenters. The number of carbonyl (C=O) groups excluding carboxylic acids is 1. The summed E-state index contributed by atoms with van der Waals surface area (Å²) in [6.07, 6.45) is 0.350. The molecule has 0 saturated heterocycles. The van der Waals surface area contributed by atoms with E-state index in [1.54, 1.807) is 48.5 Å². The lowest BCUT2D eigenvalue weighted by molar-refractivity contribution is 0.0954. The van der Waals surface area contributed by atoms with E-state index in [4.69, 9.17) is 4.74 Å². The van der Waals surface area contributed by atoms with Crippen LogP contribution in [-0.4, -0.2) is 27.5 Å². The van der Waals surface area contributed by atoms with Crippen molar-refractivity contribution in [2.45, 2.75) is 18.2 Å². The molecule has 3 aromatic carbocycles. The molecule has 8 heteroatoms. The number of rotatable bonds is 9. The second kappa shape index (κ2) is 10.1. The van der Waals surface area contributed by atoms with Gasteiger partial charge in [0.1, 0.15) is 11.6 Å². The van der Waals surface area contributed by atoms with Crippen LogP contribution in [0.5, 0.6) is 5.75 Å². The topological polar surface area (TPSA) is 84.5 Å². The molecule has 162 valence electrons. The molecule has 0 radical (unpaired) electrons. The third-order valence-corrected chi connectivity index (χ3v) is 5.86. The second-order valence-corrected chi connectivity index (χ2v) is 8.37. The first-order valence-corrected chi connectivity index (χ1v) is 11.2. The van der Waals surface area contributed by atoms with E-state index in [1.165, 1.54) is 24.3 Å². The van der Waals surface area contributed by atoms with Gasteiger partial charge in [-0.15, -0.1) is 0 Å². The molecule has 31 heavy (non-hydrogen) atoms. The summed E-state index contributed by atoms with van der Waals surface area (Å²) in [6, 6.07) is 18.6. The van der Waals surface area contributed by atoms with Gasteiger partial charge < -0.3 is 10.1 Å². The number of sulfonamides is 1. The Morgan fingerprint density at radius 1 is 1.00 bits per heavy atom. The van der Waals surface area contributed by atoms with Crippen molar-refractivity contribution in [2.24, 2.45) is 0 Å². The summed E-state index contributed by atoms with van der Waals surface area (Å²) in [4.78, 5) is 12.5. The Bertz CT molecular complexity index is 1150. The van der Waals surface area contributed by atoms with E-state index < -0.39 is 10.0 Å². The van der Waals surface area contributed by atoms with Crippen LogP contribution in [0.2, 0.25) is 0 Å². The molecule has 0 aliphatic carbocycles. The van der Waals surface area contributed by atoms with Gasteiger partial charge in [-0.05, 0) is 67.4 Å². The fourth-order valence-corrected chi connectivity index (χ4v) is 3.98. The Balaban J connectivity index is 1.63. The molecule has 0 fully saturated rings. The van der Waals surface area contributed by atoms with Gasteiger partial charge in [-0.3, -0.25) is 9.52 Å². The molecule has 3 rings (SSSR count). The number of hydrogen-bond acceptors (Lipinski definition) is 4. The zero-order chi connectivity index (χ0) is 22.3. The van der Waals surface area contributed by atoms with E-state index in [2.05, 4.69) is 10.0 Å². The number of carbonyl (C=O) groups is 1. The van der Waals surface area contributed by atoms with E-state index in [0.29, 0.717) is 29.9 Å². The van der Waals surface area contributed by atoms with Gasteiger partial charge in [0.2, 0.25) is 0 Å². The lowest BCUT2D eigenvalue weighted by Gasteiger charge is -2.11. The first-order chi connectivity index (χ1) is 14.9. The zero-order valence-electron chi connectivity index (χ0n) is 17.0. The van der Waals surface area contributed by atoms with Gasteiger partial charge in [-0.1, -0.05) is 24.3 Å². The minimum atomic E-state index is -3.82. The molecule has 3 aromatic rings. The summed E-state index contributed by atoms with van der Waals surface area (Å²) >= 11 is 0. The van der Waals surface area contributed by atoms with Crippen LogP contribution in [0.1, 0.15) is 22.8 Å². The van der Waals surface area contributed by atoms with E-state index in [9.17, 15) is 17.6 Å². The molecule has 0 aliphatic heterocycles. The molecule has 0 aromatic heterocycles. The van der Waals surface area contributed by atoms with Crippen LogP contribution >= 0.6 is 0 Å². The average molecular weight is 443 g/mol. The van der Waals surface area contributed by atoms with Crippen molar-refractivity contribution in [3.05, 3.63) is 89.7 Å². The van der Waals surface area contributed by atoms with E-state index in [1.807, 2.05) is 6.92 Å². The number of amides is 1. The standard InChI is InChI=1S/C23H23FN2O4S/c1-2-30-20-10-12-21(13-11-20)31(28,29)26-19-8-5-7-18(16-19)23(27)25-15-14-17-6-3-4-9-22(17)24/h3-13,16,26H,2,14-15H2,1H3,(H,25,27). The predicted octanol–water partition coefficient (Wildman–Crippen LogP) is 4.00. The monoisotopic (exact) mass is 442 g/mol. The van der Waals surface area contributed by atoms with Gasteiger partial charge in [0, 0.05) is 17.8 Å². The number of nitrogens with one attached hydrogen (secondary N) is 2. The molecular formula is C23H23FN2O4S. The van der Waals surface area contributed by atoms with Crippen molar-refractivity contribution < 1.29 is 22.3 Å². The number of ether oxygens (including phenoxy) is 1. The molecule has 0 spiro atoms. The quantitative estimate of drug-likeness (QED) is 0.525. The summed E-state index contributed by atoms with van der Waals surface area (Å²) in [6.45, 7) is 2.58. The van der Waals surface area contributed by atoms with E-state index in [0.717, 1.165) is 0 Å². The Morgan fingerprint density at radius 2 is 1.74 bits per heavy atom. The zero-order valence-corrected chi connectivity index (χ0v) is 17.8. The molecule has 0 bridgehead atoms. The largest absolute Gasteiger partial charge is 0.494 e. The van der Waals surface area contributed by atoms with Crippen LogP contribution in [0, 0.1) is 5.82 Å². The summed E-state index contributed by atoms with van der Waals surface area (Å²) in [5, 5.41) is 2.72. The average Bonchev–Trinajstić information content (AvgIpc) is 2.75. The normalized spacial score (nSPS) is 11.0. The van der Waals surface area contributed by atoms with Crippen molar-refractivity contribution in [3.63, 3.8) is 0 Å². The number of halogens is 1. The van der Waals surface area contributed by atoms with Crippen LogP contribution in [0.3, 0.4) is 0 Å². The highest BCUT2D eigenvalue weighted by Gasteiger charge is 2.15. The van der Waals surface area contributed by atoms with Gasteiger partial charge in [0.25, 0.3) is 15.9 Å². The highest BCUT2D eigenvalue weighted by atomic mass is 32.2. The maximum atomic E-state index is 13.7. The molecule has 0 heterocycles. The Kier molecular flexibility index (Phi) is 7.25. The van der Waals surface area contributed by atoms with Gasteiger partial charge in [-0.2, -0.15) is 0 Å². The molecular weight excluding hydrogens is 419 g/mol. The molecule has 0 saturated carbocycles. The summed E-state index contributed by atoms with van der Waals surface area (Å²) in [7, 11) is -3.82. The smallest absolute Gasteiger partial charge is 0.261 e. The summed E-state index contributed by atoms with van der Waals surface area (Å²) in [5.74, 6) is -0.114. The van der Waals surface area contributed by atoms with Gasteiger partial charge in [0.15, 0.2) is 0 Å². The summed E-state index contributed by atoms with van der Waals surface area (Å²) < 4.78 is 46.7. The maximum absolute atomic E-state index is 13.7. The first-order valence-electron chi connectivity index (χ1n) is 9.76. The Morgan fingerprint density at radius 3 is 2.45 bits per heavy atom. The third-order valence-electron chi connectivity index (χ3n) is 4.46. The maximum Gasteiger partial charge on any atom is 0.261 e. The molecule has 1 amide bonds. The van der Waals surface area contributed by atoms with Gasteiger partial charge in [0.05, 0.1) is 11.5 Å². The van der Waals surface area contributed by atoms with Crippen molar-refractivity contribution >= 4 is 21.6 Å². The van der Waals surface area contributed by atoms with Gasteiger partial charge in [-0.25, -0.2) is 12.8 Å². The van der Waals surface area contributed by atoms with E-state index in [-0.39, 0.29) is 28.9 Å². The van der Waals surface area contributed by atoms with Crippen LogP contribution < -0.4 is 14.8 Å². The van der Waals surface area contributed by atoms with Gasteiger partial charge >= 0.3 is 0 Å². The van der Waals surface area contributed by atoms with Crippen molar-refractivity contribution in [3.8, 4) is 5.75 Å². The summed E-state index contributed by atoms with van der Waals surface area (Å²) in [5.41, 5.74) is 1.07. The highest BCUT2D eigenvalue weighted by Crippen LogP contribution is 2.20. The van der Waals surface area contributed by atoms with Crippen molar-refractivity contribution in [1.29, 1.82) is 0 Å². The fraction of sp³-hybridized carbons (Fsp3) is 0.174. The molecule has 0 unspecified atom stereocenters. The number of hydrogen-bond donors (Lipinski definition) is 2. The lowest BCUT2D eigenvalue weighted by atomic mass is 10.1. The van der Waals surface area contributed by atoms with Crippen LogP contribution in [-0.2, 0) is 16.4 Å². The Hall–Kier alpha value is -3.39. The second-order valence-electron chi connectivity index (χ2n) is 6.69. The van der Waals surface area contributed by atoms with Crippen molar-refractivity contribution in [2.75, 3.05) is 17.9 Å². The van der Waals surface area contributed by atoms with Crippen LogP contribution in [0.15, 0.2) is 77.7 Å². The lowest BCUT2D eigenvalue weighted by Crippen LogP contribution is -2.26. The minimum absolute atomic E-state index is 0.0793. The van der Waals surface area contributed by atoms with Crippen LogP contribution in [0.25, 0.3) is 0 Å². The number of benzene rings is 3. The number of anilines is 1. The first kappa shape index (κ1) is 22.3.